The van der Waals surface area contributed by atoms with Crippen LogP contribution in [0, 0.1) is 5.92 Å². The highest BCUT2D eigenvalue weighted by atomic mass is 32.2. The van der Waals surface area contributed by atoms with Crippen LogP contribution >= 0.6 is 0 Å². The van der Waals surface area contributed by atoms with Crippen molar-refractivity contribution < 1.29 is 13.2 Å². The molecule has 1 aromatic rings. The lowest BCUT2D eigenvalue weighted by molar-refractivity contribution is -0.130. The third-order valence-corrected chi connectivity index (χ3v) is 4.92. The third-order valence-electron chi connectivity index (χ3n) is 4.18. The third kappa shape index (κ3) is 5.62. The van der Waals surface area contributed by atoms with E-state index in [9.17, 15) is 13.2 Å². The highest BCUT2D eigenvalue weighted by molar-refractivity contribution is 7.88. The lowest BCUT2D eigenvalue weighted by atomic mass is 9.99. The maximum Gasteiger partial charge on any atom is 0.222 e. The number of hydrogen-bond acceptors (Lipinski definition) is 4. The zero-order chi connectivity index (χ0) is 16.9. The molecule has 1 saturated heterocycles. The van der Waals surface area contributed by atoms with Crippen molar-refractivity contribution in [2.75, 3.05) is 19.3 Å². The van der Waals surface area contributed by atoms with Gasteiger partial charge in [0.1, 0.15) is 0 Å². The zero-order valence-electron chi connectivity index (χ0n) is 13.8. The molecule has 130 valence electrons. The summed E-state index contributed by atoms with van der Waals surface area (Å²) < 4.78 is 27.6. The van der Waals surface area contributed by atoms with E-state index in [0.717, 1.165) is 25.8 Å². The Hall–Kier alpha value is -1.41. The van der Waals surface area contributed by atoms with Gasteiger partial charge in [0.15, 0.2) is 0 Å². The van der Waals surface area contributed by atoms with Crippen LogP contribution in [0.15, 0.2) is 18.7 Å². The van der Waals surface area contributed by atoms with Gasteiger partial charge < -0.3 is 9.47 Å². The van der Waals surface area contributed by atoms with Gasteiger partial charge in [-0.25, -0.2) is 18.1 Å². The number of sulfonamides is 1. The first kappa shape index (κ1) is 17.9. The van der Waals surface area contributed by atoms with Gasteiger partial charge in [0, 0.05) is 44.5 Å². The molecule has 2 heterocycles. The highest BCUT2D eigenvalue weighted by Crippen LogP contribution is 2.23. The van der Waals surface area contributed by atoms with Crippen LogP contribution in [-0.4, -0.2) is 54.2 Å². The van der Waals surface area contributed by atoms with Crippen molar-refractivity contribution in [2.24, 2.45) is 5.92 Å². The van der Waals surface area contributed by atoms with Gasteiger partial charge >= 0.3 is 0 Å². The fourth-order valence-corrected chi connectivity index (χ4v) is 3.95. The topological polar surface area (TPSA) is 84.3 Å². The van der Waals surface area contributed by atoms with Crippen LogP contribution in [0.4, 0.5) is 0 Å². The summed E-state index contributed by atoms with van der Waals surface area (Å²) in [7, 11) is -3.25. The molecular formula is C15H26N4O3S. The standard InChI is InChI=1S/C15H26N4O3S/c1-3-5-13-10-19(11-14(13)17-23(2,21)22)15(20)6-4-8-18-9-7-16-12-18/h7,9,12-14,17H,3-6,8,10-11H2,1-2H3/t13-,14-/m1/s1. The summed E-state index contributed by atoms with van der Waals surface area (Å²) in [5.41, 5.74) is 0. The van der Waals surface area contributed by atoms with Gasteiger partial charge in [-0.3, -0.25) is 4.79 Å². The van der Waals surface area contributed by atoms with Crippen LogP contribution in [0.25, 0.3) is 0 Å². The number of hydrogen-bond donors (Lipinski definition) is 1. The molecule has 1 N–H and O–H groups in total. The van der Waals surface area contributed by atoms with Crippen LogP contribution in [0.3, 0.4) is 0 Å². The predicted molar refractivity (Wildman–Crippen MR) is 88.2 cm³/mol. The number of aryl methyl sites for hydroxylation is 1. The Balaban J connectivity index is 1.85. The molecular weight excluding hydrogens is 316 g/mol. The van der Waals surface area contributed by atoms with E-state index in [0.29, 0.717) is 19.5 Å². The number of carbonyl (C=O) groups is 1. The van der Waals surface area contributed by atoms with Gasteiger partial charge in [-0.05, 0) is 18.8 Å². The first-order valence-corrected chi connectivity index (χ1v) is 9.99. The second kappa shape index (κ2) is 7.92. The summed E-state index contributed by atoms with van der Waals surface area (Å²) in [6.07, 6.45) is 9.65. The molecule has 0 saturated carbocycles. The molecule has 1 amide bonds. The van der Waals surface area contributed by atoms with Crippen LogP contribution in [0.1, 0.15) is 32.6 Å². The molecule has 0 aromatic carbocycles. The van der Waals surface area contributed by atoms with Crippen LogP contribution in [0.2, 0.25) is 0 Å². The molecule has 23 heavy (non-hydrogen) atoms. The van der Waals surface area contributed by atoms with Gasteiger partial charge in [0.05, 0.1) is 12.6 Å². The Kier molecular flexibility index (Phi) is 6.17. The largest absolute Gasteiger partial charge is 0.341 e. The van der Waals surface area contributed by atoms with Crippen molar-refractivity contribution in [3.8, 4) is 0 Å². The summed E-state index contributed by atoms with van der Waals surface area (Å²) in [4.78, 5) is 18.1. The van der Waals surface area contributed by atoms with E-state index in [4.69, 9.17) is 0 Å². The molecule has 0 radical (unpaired) electrons. The summed E-state index contributed by atoms with van der Waals surface area (Å²) in [6, 6.07) is -0.164. The van der Waals surface area contributed by atoms with E-state index in [-0.39, 0.29) is 17.9 Å². The second-order valence-electron chi connectivity index (χ2n) is 6.25. The molecule has 8 heteroatoms. The van der Waals surface area contributed by atoms with E-state index in [2.05, 4.69) is 16.6 Å². The van der Waals surface area contributed by atoms with Crippen molar-refractivity contribution in [3.63, 3.8) is 0 Å². The maximum atomic E-state index is 12.4. The molecule has 2 atom stereocenters. The minimum absolute atomic E-state index is 0.101. The molecule has 7 nitrogen and oxygen atoms in total. The Labute approximate surface area is 138 Å². The molecule has 0 spiro atoms. The van der Waals surface area contributed by atoms with Crippen LogP contribution in [0.5, 0.6) is 0 Å². The average Bonchev–Trinajstić information content (AvgIpc) is 3.08. The van der Waals surface area contributed by atoms with Gasteiger partial charge in [-0.15, -0.1) is 0 Å². The number of aromatic nitrogens is 2. The Morgan fingerprint density at radius 1 is 1.39 bits per heavy atom. The van der Waals surface area contributed by atoms with Crippen LogP contribution < -0.4 is 4.72 Å². The summed E-state index contributed by atoms with van der Waals surface area (Å²) in [6.45, 7) is 3.96. The number of rotatable bonds is 8. The van der Waals surface area contributed by atoms with E-state index in [1.807, 2.05) is 10.8 Å². The number of nitrogens with zero attached hydrogens (tertiary/aromatic N) is 3. The normalized spacial score (nSPS) is 21.7. The molecule has 0 bridgehead atoms. The fourth-order valence-electron chi connectivity index (χ4n) is 3.14. The fraction of sp³-hybridized carbons (Fsp3) is 0.733. The minimum Gasteiger partial charge on any atom is -0.341 e. The first-order chi connectivity index (χ1) is 10.9. The maximum absolute atomic E-state index is 12.4. The van der Waals surface area contributed by atoms with Crippen LogP contribution in [-0.2, 0) is 21.4 Å². The van der Waals surface area contributed by atoms with Crippen molar-refractivity contribution >= 4 is 15.9 Å². The number of carbonyl (C=O) groups excluding carboxylic acids is 1. The lowest BCUT2D eigenvalue weighted by Crippen LogP contribution is -2.40. The Bertz CT molecular complexity index is 600. The molecule has 1 fully saturated rings. The highest BCUT2D eigenvalue weighted by Gasteiger charge is 2.35. The molecule has 0 unspecified atom stereocenters. The molecule has 1 aliphatic rings. The van der Waals surface area contributed by atoms with Crippen molar-refractivity contribution in [1.82, 2.24) is 19.2 Å². The number of nitrogens with one attached hydrogen (secondary N) is 1. The summed E-state index contributed by atoms with van der Waals surface area (Å²) >= 11 is 0. The van der Waals surface area contributed by atoms with Gasteiger partial charge in [0.25, 0.3) is 0 Å². The predicted octanol–water partition coefficient (Wildman–Crippen LogP) is 0.840. The monoisotopic (exact) mass is 342 g/mol. The van der Waals surface area contributed by atoms with Crippen molar-refractivity contribution in [3.05, 3.63) is 18.7 Å². The van der Waals surface area contributed by atoms with Gasteiger partial charge in [0.2, 0.25) is 15.9 Å². The van der Waals surface area contributed by atoms with Crippen molar-refractivity contribution in [1.29, 1.82) is 0 Å². The molecule has 2 rings (SSSR count). The Morgan fingerprint density at radius 3 is 2.78 bits per heavy atom. The van der Waals surface area contributed by atoms with E-state index in [1.54, 1.807) is 17.4 Å². The number of amides is 1. The second-order valence-corrected chi connectivity index (χ2v) is 8.03. The molecule has 1 aromatic heterocycles. The van der Waals surface area contributed by atoms with Gasteiger partial charge in [-0.2, -0.15) is 0 Å². The van der Waals surface area contributed by atoms with E-state index in [1.165, 1.54) is 6.26 Å². The smallest absolute Gasteiger partial charge is 0.222 e. The average molecular weight is 342 g/mol. The SMILES string of the molecule is CCC[C@@H]1CN(C(=O)CCCn2ccnc2)C[C@H]1NS(C)(=O)=O. The summed E-state index contributed by atoms with van der Waals surface area (Å²) in [5.74, 6) is 0.302. The quantitative estimate of drug-likeness (QED) is 0.759. The lowest BCUT2D eigenvalue weighted by Gasteiger charge is -2.17. The van der Waals surface area contributed by atoms with E-state index < -0.39 is 10.0 Å². The van der Waals surface area contributed by atoms with E-state index >= 15 is 0 Å². The number of likely N-dealkylation sites (tertiary alicyclic amines) is 1. The summed E-state index contributed by atoms with van der Waals surface area (Å²) in [5, 5.41) is 0. The number of imidazole rings is 1. The Morgan fingerprint density at radius 2 is 2.17 bits per heavy atom. The van der Waals surface area contributed by atoms with Gasteiger partial charge in [-0.1, -0.05) is 13.3 Å². The molecule has 1 aliphatic heterocycles. The van der Waals surface area contributed by atoms with Crippen molar-refractivity contribution in [2.45, 2.75) is 45.2 Å². The minimum atomic E-state index is -3.25. The molecule has 0 aliphatic carbocycles. The first-order valence-electron chi connectivity index (χ1n) is 8.10. The zero-order valence-corrected chi connectivity index (χ0v) is 14.6.